The van der Waals surface area contributed by atoms with Crippen molar-refractivity contribution in [3.63, 3.8) is 0 Å². The third-order valence-corrected chi connectivity index (χ3v) is 3.13. The molecule has 4 nitrogen and oxygen atoms in total. The largest absolute Gasteiger partial charge is 0.368 e. The number of aromatic nitrogens is 2. The Morgan fingerprint density at radius 1 is 1.00 bits per heavy atom. The highest BCUT2D eigenvalue weighted by molar-refractivity contribution is 5.46. The molecule has 0 aromatic carbocycles. The number of rotatable bonds is 10. The maximum Gasteiger partial charge on any atom is 0.182 e. The fourth-order valence-electron chi connectivity index (χ4n) is 2.01. The highest BCUT2D eigenvalue weighted by Crippen LogP contribution is 2.10. The van der Waals surface area contributed by atoms with Gasteiger partial charge in [-0.2, -0.15) is 5.26 Å². The van der Waals surface area contributed by atoms with E-state index < -0.39 is 0 Å². The lowest BCUT2D eigenvalue weighted by Crippen LogP contribution is -2.06. The Morgan fingerprint density at radius 3 is 2.32 bits per heavy atom. The van der Waals surface area contributed by atoms with Crippen molar-refractivity contribution in [3.8, 4) is 6.07 Å². The Hall–Kier alpha value is -1.63. The van der Waals surface area contributed by atoms with Crippen LogP contribution in [-0.4, -0.2) is 16.5 Å². The van der Waals surface area contributed by atoms with Gasteiger partial charge >= 0.3 is 0 Å². The highest BCUT2D eigenvalue weighted by atomic mass is 15.0. The molecule has 4 heteroatoms. The van der Waals surface area contributed by atoms with Crippen LogP contribution >= 0.6 is 0 Å². The summed E-state index contributed by atoms with van der Waals surface area (Å²) < 4.78 is 0. The molecule has 104 valence electrons. The van der Waals surface area contributed by atoms with E-state index in [4.69, 9.17) is 5.26 Å². The van der Waals surface area contributed by atoms with Crippen molar-refractivity contribution in [2.24, 2.45) is 0 Å². The Bertz CT molecular complexity index is 384. The minimum absolute atomic E-state index is 0.377. The molecule has 0 fully saturated rings. The molecule has 0 aliphatic rings. The van der Waals surface area contributed by atoms with Gasteiger partial charge in [0.05, 0.1) is 0 Å². The summed E-state index contributed by atoms with van der Waals surface area (Å²) in [5.74, 6) is 0.605. The summed E-state index contributed by atoms with van der Waals surface area (Å²) in [6.45, 7) is 3.11. The lowest BCUT2D eigenvalue weighted by atomic mass is 10.1. The normalized spacial score (nSPS) is 10.1. The monoisotopic (exact) mass is 260 g/mol. The van der Waals surface area contributed by atoms with Gasteiger partial charge in [-0.1, -0.05) is 51.9 Å². The Balaban J connectivity index is 2.03. The first kappa shape index (κ1) is 15.4. The van der Waals surface area contributed by atoms with Crippen LogP contribution in [0, 0.1) is 11.3 Å². The summed E-state index contributed by atoms with van der Waals surface area (Å²) in [4.78, 5) is 8.09. The van der Waals surface area contributed by atoms with E-state index in [1.807, 2.05) is 6.07 Å². The third kappa shape index (κ3) is 6.76. The number of hydrogen-bond donors (Lipinski definition) is 1. The van der Waals surface area contributed by atoms with Crippen molar-refractivity contribution in [1.29, 1.82) is 5.26 Å². The minimum Gasteiger partial charge on any atom is -0.368 e. The van der Waals surface area contributed by atoms with Crippen molar-refractivity contribution in [2.75, 3.05) is 11.9 Å². The molecule has 0 saturated carbocycles. The SMILES string of the molecule is CCCCCCCCCCNc1nccnc1C#N. The fraction of sp³-hybridized carbons (Fsp3) is 0.667. The molecule has 0 aliphatic heterocycles. The first-order chi connectivity index (χ1) is 9.38. The number of unbranched alkanes of at least 4 members (excludes halogenated alkanes) is 7. The van der Waals surface area contributed by atoms with Gasteiger partial charge in [0, 0.05) is 18.9 Å². The number of nitrogens with one attached hydrogen (secondary N) is 1. The van der Waals surface area contributed by atoms with E-state index in [0.717, 1.165) is 13.0 Å². The summed E-state index contributed by atoms with van der Waals surface area (Å²) in [7, 11) is 0. The number of hydrogen-bond acceptors (Lipinski definition) is 4. The second-order valence-corrected chi connectivity index (χ2v) is 4.77. The van der Waals surface area contributed by atoms with E-state index in [1.54, 1.807) is 12.4 Å². The van der Waals surface area contributed by atoms with Crippen molar-refractivity contribution in [1.82, 2.24) is 9.97 Å². The molecule has 1 aromatic heterocycles. The molecule has 0 bridgehead atoms. The van der Waals surface area contributed by atoms with Crippen molar-refractivity contribution in [2.45, 2.75) is 58.3 Å². The average molecular weight is 260 g/mol. The Morgan fingerprint density at radius 2 is 1.63 bits per heavy atom. The first-order valence-corrected chi connectivity index (χ1v) is 7.33. The molecule has 1 aromatic rings. The highest BCUT2D eigenvalue weighted by Gasteiger charge is 2.01. The Labute approximate surface area is 116 Å². The standard InChI is InChI=1S/C15H24N4/c1-2-3-4-5-6-7-8-9-10-18-15-14(13-16)17-11-12-19-15/h11-12H,2-10H2,1H3,(H,18,19). The second kappa shape index (κ2) is 10.3. The van der Waals surface area contributed by atoms with E-state index in [-0.39, 0.29) is 0 Å². The van der Waals surface area contributed by atoms with Gasteiger partial charge in [-0.15, -0.1) is 0 Å². The zero-order chi connectivity index (χ0) is 13.8. The summed E-state index contributed by atoms with van der Waals surface area (Å²) in [6.07, 6.45) is 13.6. The molecule has 0 unspecified atom stereocenters. The summed E-state index contributed by atoms with van der Waals surface area (Å²) >= 11 is 0. The van der Waals surface area contributed by atoms with Gasteiger partial charge in [0.2, 0.25) is 0 Å². The number of anilines is 1. The molecule has 1 rings (SSSR count). The van der Waals surface area contributed by atoms with Gasteiger partial charge in [0.25, 0.3) is 0 Å². The minimum atomic E-state index is 0.377. The van der Waals surface area contributed by atoms with Crippen LogP contribution in [0.5, 0.6) is 0 Å². The molecule has 1 heterocycles. The quantitative estimate of drug-likeness (QED) is 0.648. The van der Waals surface area contributed by atoms with E-state index in [1.165, 1.54) is 44.9 Å². The van der Waals surface area contributed by atoms with E-state index in [0.29, 0.717) is 11.5 Å². The van der Waals surface area contributed by atoms with Crippen LogP contribution in [0.3, 0.4) is 0 Å². The molecule has 0 spiro atoms. The van der Waals surface area contributed by atoms with Gasteiger partial charge in [-0.25, -0.2) is 9.97 Å². The lowest BCUT2D eigenvalue weighted by Gasteiger charge is -2.06. The van der Waals surface area contributed by atoms with Gasteiger partial charge in [-0.05, 0) is 6.42 Å². The maximum absolute atomic E-state index is 8.87. The van der Waals surface area contributed by atoms with Crippen LogP contribution in [0.1, 0.15) is 64.0 Å². The van der Waals surface area contributed by atoms with Crippen molar-refractivity contribution >= 4 is 5.82 Å². The van der Waals surface area contributed by atoms with E-state index in [9.17, 15) is 0 Å². The van der Waals surface area contributed by atoms with Crippen LogP contribution in [-0.2, 0) is 0 Å². The predicted molar refractivity (Wildman–Crippen MR) is 77.8 cm³/mol. The molecule has 0 radical (unpaired) electrons. The molecule has 0 amide bonds. The zero-order valence-electron chi connectivity index (χ0n) is 11.9. The van der Waals surface area contributed by atoms with Gasteiger partial charge in [0.15, 0.2) is 11.5 Å². The van der Waals surface area contributed by atoms with Crippen LogP contribution < -0.4 is 5.32 Å². The van der Waals surface area contributed by atoms with Crippen LogP contribution in [0.15, 0.2) is 12.4 Å². The van der Waals surface area contributed by atoms with Crippen LogP contribution in [0.2, 0.25) is 0 Å². The van der Waals surface area contributed by atoms with E-state index >= 15 is 0 Å². The molecule has 1 N–H and O–H groups in total. The summed E-state index contributed by atoms with van der Waals surface area (Å²) in [5.41, 5.74) is 0.377. The molecule has 0 atom stereocenters. The summed E-state index contributed by atoms with van der Waals surface area (Å²) in [6, 6.07) is 2.04. The molecular weight excluding hydrogens is 236 g/mol. The number of nitrogens with zero attached hydrogens (tertiary/aromatic N) is 3. The molecule has 0 saturated heterocycles. The topological polar surface area (TPSA) is 61.6 Å². The summed E-state index contributed by atoms with van der Waals surface area (Å²) in [5, 5.41) is 12.0. The van der Waals surface area contributed by atoms with Crippen molar-refractivity contribution < 1.29 is 0 Å². The van der Waals surface area contributed by atoms with Crippen LogP contribution in [0.4, 0.5) is 5.82 Å². The number of nitriles is 1. The first-order valence-electron chi connectivity index (χ1n) is 7.33. The molecular formula is C15H24N4. The molecule has 19 heavy (non-hydrogen) atoms. The molecule has 0 aliphatic carbocycles. The third-order valence-electron chi connectivity index (χ3n) is 3.13. The zero-order valence-corrected chi connectivity index (χ0v) is 11.9. The average Bonchev–Trinajstić information content (AvgIpc) is 2.46. The van der Waals surface area contributed by atoms with Crippen LogP contribution in [0.25, 0.3) is 0 Å². The second-order valence-electron chi connectivity index (χ2n) is 4.77. The maximum atomic E-state index is 8.87. The van der Waals surface area contributed by atoms with Crippen molar-refractivity contribution in [3.05, 3.63) is 18.1 Å². The van der Waals surface area contributed by atoms with Gasteiger partial charge in [-0.3, -0.25) is 0 Å². The van der Waals surface area contributed by atoms with E-state index in [2.05, 4.69) is 22.2 Å². The van der Waals surface area contributed by atoms with Gasteiger partial charge in [0.1, 0.15) is 6.07 Å². The Kier molecular flexibility index (Phi) is 8.37. The lowest BCUT2D eigenvalue weighted by molar-refractivity contribution is 0.581. The predicted octanol–water partition coefficient (Wildman–Crippen LogP) is 3.90. The smallest absolute Gasteiger partial charge is 0.182 e. The fourth-order valence-corrected chi connectivity index (χ4v) is 2.01. The van der Waals surface area contributed by atoms with Gasteiger partial charge < -0.3 is 5.32 Å².